The second kappa shape index (κ2) is 12.0. The van der Waals surface area contributed by atoms with Gasteiger partial charge in [0.15, 0.2) is 0 Å². The molecule has 0 aliphatic carbocycles. The summed E-state index contributed by atoms with van der Waals surface area (Å²) < 4.78 is 10.9. The maximum Gasteiger partial charge on any atom is 0.315 e. The largest absolute Gasteiger partial charge is 0.497 e. The lowest BCUT2D eigenvalue weighted by molar-refractivity contribution is 0.236. The number of halogens is 1. The third-order valence-electron chi connectivity index (χ3n) is 5.35. The van der Waals surface area contributed by atoms with Crippen molar-refractivity contribution >= 4 is 29.5 Å². The monoisotopic (exact) mass is 480 g/mol. The molecule has 0 aliphatic heterocycles. The molecule has 7 nitrogen and oxygen atoms in total. The van der Waals surface area contributed by atoms with Crippen molar-refractivity contribution in [3.8, 4) is 11.5 Å². The van der Waals surface area contributed by atoms with Crippen molar-refractivity contribution in [3.05, 3.63) is 89.7 Å². The molecule has 0 spiro atoms. The van der Waals surface area contributed by atoms with E-state index in [-0.39, 0.29) is 24.5 Å². The highest BCUT2D eigenvalue weighted by Crippen LogP contribution is 2.22. The summed E-state index contributed by atoms with van der Waals surface area (Å²) in [5, 5.41) is 6.02. The van der Waals surface area contributed by atoms with E-state index in [2.05, 4.69) is 15.6 Å². The molecular formula is C26H29ClN4O3. The Kier molecular flexibility index (Phi) is 8.76. The van der Waals surface area contributed by atoms with E-state index in [1.165, 1.54) is 0 Å². The number of carbonyl (C=O) groups is 1. The lowest BCUT2D eigenvalue weighted by Crippen LogP contribution is -2.38. The third kappa shape index (κ3) is 6.20. The summed E-state index contributed by atoms with van der Waals surface area (Å²) >= 11 is 0. The molecule has 4 rings (SSSR count). The van der Waals surface area contributed by atoms with E-state index in [0.717, 1.165) is 33.7 Å². The van der Waals surface area contributed by atoms with E-state index in [4.69, 9.17) is 14.5 Å². The van der Waals surface area contributed by atoms with Crippen LogP contribution in [-0.4, -0.2) is 29.7 Å². The number of imidazole rings is 1. The number of aromatic nitrogens is 2. The van der Waals surface area contributed by atoms with Crippen LogP contribution < -0.4 is 20.1 Å². The first-order chi connectivity index (χ1) is 16.2. The number of aromatic amines is 1. The fourth-order valence-corrected chi connectivity index (χ4v) is 3.68. The zero-order valence-corrected chi connectivity index (χ0v) is 20.0. The van der Waals surface area contributed by atoms with E-state index in [0.29, 0.717) is 25.4 Å². The number of urea groups is 1. The first-order valence-corrected chi connectivity index (χ1v) is 11.0. The van der Waals surface area contributed by atoms with Gasteiger partial charge in [0.05, 0.1) is 30.8 Å². The van der Waals surface area contributed by atoms with Gasteiger partial charge in [-0.3, -0.25) is 0 Å². The second-order valence-corrected chi connectivity index (χ2v) is 7.61. The molecule has 1 atom stereocenters. The van der Waals surface area contributed by atoms with Gasteiger partial charge in [-0.2, -0.15) is 0 Å². The number of nitrogens with one attached hydrogen (secondary N) is 3. The molecule has 34 heavy (non-hydrogen) atoms. The Labute approximate surface area is 205 Å². The van der Waals surface area contributed by atoms with E-state index in [9.17, 15) is 4.79 Å². The van der Waals surface area contributed by atoms with Gasteiger partial charge in [0.2, 0.25) is 0 Å². The van der Waals surface area contributed by atoms with Gasteiger partial charge >= 0.3 is 6.03 Å². The molecule has 4 aromatic rings. The SMILES string of the molecule is CCOc1ccccc1CNC(=O)N[C@H](Cc1ccc(OC)cc1)c1nc2ccccc2[nH]1.Cl. The van der Waals surface area contributed by atoms with Gasteiger partial charge < -0.3 is 25.1 Å². The molecule has 1 aromatic heterocycles. The van der Waals surface area contributed by atoms with E-state index in [1.807, 2.05) is 79.7 Å². The fourth-order valence-electron chi connectivity index (χ4n) is 3.68. The summed E-state index contributed by atoms with van der Waals surface area (Å²) in [6.45, 7) is 2.87. The zero-order valence-electron chi connectivity index (χ0n) is 19.2. The molecule has 0 aliphatic rings. The topological polar surface area (TPSA) is 88.3 Å². The standard InChI is InChI=1S/C26H28N4O3.ClH/c1-3-33-24-11-7-4-8-19(24)17-27-26(31)30-23(16-18-12-14-20(32-2)15-13-18)25-28-21-9-5-6-10-22(21)29-25;/h4-15,23H,3,16-17H2,1-2H3,(H,28,29)(H2,27,30,31);1H/t23-;/m1./s1. The third-order valence-corrected chi connectivity index (χ3v) is 5.35. The van der Waals surface area contributed by atoms with Crippen LogP contribution in [0.15, 0.2) is 72.8 Å². The summed E-state index contributed by atoms with van der Waals surface area (Å²) in [4.78, 5) is 20.9. The number of ether oxygens (including phenoxy) is 2. The van der Waals surface area contributed by atoms with Crippen LogP contribution in [0.5, 0.6) is 11.5 Å². The molecule has 0 saturated heterocycles. The Balaban J connectivity index is 0.00000324. The predicted molar refractivity (Wildman–Crippen MR) is 136 cm³/mol. The summed E-state index contributed by atoms with van der Waals surface area (Å²) in [7, 11) is 1.64. The highest BCUT2D eigenvalue weighted by Gasteiger charge is 2.19. The molecule has 0 bridgehead atoms. The Morgan fingerprint density at radius 1 is 1.03 bits per heavy atom. The molecule has 3 N–H and O–H groups in total. The molecule has 3 aromatic carbocycles. The van der Waals surface area contributed by atoms with Gasteiger partial charge in [-0.25, -0.2) is 9.78 Å². The van der Waals surface area contributed by atoms with Crippen LogP contribution in [0.2, 0.25) is 0 Å². The molecule has 1 heterocycles. The minimum atomic E-state index is -0.340. The fraction of sp³-hybridized carbons (Fsp3) is 0.231. The Hall–Kier alpha value is -3.71. The number of amides is 2. The molecule has 0 fully saturated rings. The number of hydrogen-bond acceptors (Lipinski definition) is 4. The smallest absolute Gasteiger partial charge is 0.315 e. The number of hydrogen-bond donors (Lipinski definition) is 3. The van der Waals surface area contributed by atoms with Crippen LogP contribution in [0, 0.1) is 0 Å². The molecule has 178 valence electrons. The molecule has 0 radical (unpaired) electrons. The lowest BCUT2D eigenvalue weighted by Gasteiger charge is -2.18. The second-order valence-electron chi connectivity index (χ2n) is 7.61. The molecule has 0 unspecified atom stereocenters. The van der Waals surface area contributed by atoms with Crippen molar-refractivity contribution in [1.82, 2.24) is 20.6 Å². The van der Waals surface area contributed by atoms with Gasteiger partial charge in [0.1, 0.15) is 17.3 Å². The van der Waals surface area contributed by atoms with Crippen molar-refractivity contribution in [1.29, 1.82) is 0 Å². The van der Waals surface area contributed by atoms with Crippen molar-refractivity contribution in [2.45, 2.75) is 25.9 Å². The quantitative estimate of drug-likeness (QED) is 0.308. The number of fused-ring (bicyclic) bond motifs is 1. The van der Waals surface area contributed by atoms with Crippen molar-refractivity contribution in [3.63, 3.8) is 0 Å². The number of methoxy groups -OCH3 is 1. The number of nitrogens with zero attached hydrogens (tertiary/aromatic N) is 1. The van der Waals surface area contributed by atoms with Gasteiger partial charge in [-0.15, -0.1) is 12.4 Å². The number of H-pyrrole nitrogens is 1. The highest BCUT2D eigenvalue weighted by atomic mass is 35.5. The Morgan fingerprint density at radius 3 is 2.50 bits per heavy atom. The van der Waals surface area contributed by atoms with Gasteiger partial charge in [0, 0.05) is 12.1 Å². The zero-order chi connectivity index (χ0) is 23.0. The van der Waals surface area contributed by atoms with Crippen LogP contribution in [0.4, 0.5) is 4.79 Å². The Morgan fingerprint density at radius 2 is 1.76 bits per heavy atom. The minimum absolute atomic E-state index is 0. The van der Waals surface area contributed by atoms with Crippen molar-refractivity contribution in [2.75, 3.05) is 13.7 Å². The number of rotatable bonds is 9. The first kappa shape index (κ1) is 24.9. The number of para-hydroxylation sites is 3. The highest BCUT2D eigenvalue weighted by molar-refractivity contribution is 5.85. The minimum Gasteiger partial charge on any atom is -0.497 e. The average Bonchev–Trinajstić information content (AvgIpc) is 3.28. The molecule has 8 heteroatoms. The summed E-state index contributed by atoms with van der Waals surface area (Å²) in [6, 6.07) is 22.7. The van der Waals surface area contributed by atoms with E-state index < -0.39 is 0 Å². The normalized spacial score (nSPS) is 11.4. The summed E-state index contributed by atoms with van der Waals surface area (Å²) in [5.74, 6) is 2.27. The number of carbonyl (C=O) groups excluding carboxylic acids is 1. The van der Waals surface area contributed by atoms with Gasteiger partial charge in [-0.05, 0) is 49.2 Å². The van der Waals surface area contributed by atoms with E-state index >= 15 is 0 Å². The Bertz CT molecular complexity index is 1180. The van der Waals surface area contributed by atoms with Gasteiger partial charge in [0.25, 0.3) is 0 Å². The van der Waals surface area contributed by atoms with Gasteiger partial charge in [-0.1, -0.05) is 42.5 Å². The van der Waals surface area contributed by atoms with Crippen LogP contribution in [0.1, 0.15) is 29.9 Å². The van der Waals surface area contributed by atoms with Crippen LogP contribution in [0.25, 0.3) is 11.0 Å². The van der Waals surface area contributed by atoms with E-state index in [1.54, 1.807) is 7.11 Å². The van der Waals surface area contributed by atoms with Crippen LogP contribution >= 0.6 is 12.4 Å². The predicted octanol–water partition coefficient (Wildman–Crippen LogP) is 5.18. The summed E-state index contributed by atoms with van der Waals surface area (Å²) in [5.41, 5.74) is 3.77. The van der Waals surface area contributed by atoms with Crippen LogP contribution in [-0.2, 0) is 13.0 Å². The molecular weight excluding hydrogens is 452 g/mol. The van der Waals surface area contributed by atoms with Crippen LogP contribution in [0.3, 0.4) is 0 Å². The maximum atomic E-state index is 12.9. The van der Waals surface area contributed by atoms with Crippen molar-refractivity contribution in [2.24, 2.45) is 0 Å². The average molecular weight is 481 g/mol. The summed E-state index contributed by atoms with van der Waals surface area (Å²) in [6.07, 6.45) is 0.576. The molecule has 0 saturated carbocycles. The maximum absolute atomic E-state index is 12.9. The molecule has 2 amide bonds. The number of benzene rings is 3. The first-order valence-electron chi connectivity index (χ1n) is 11.0. The van der Waals surface area contributed by atoms with Crippen molar-refractivity contribution < 1.29 is 14.3 Å². The lowest BCUT2D eigenvalue weighted by atomic mass is 10.1.